The molecular formula is C15H30N2O2. The fourth-order valence-corrected chi connectivity index (χ4v) is 3.24. The summed E-state index contributed by atoms with van der Waals surface area (Å²) in [6.07, 6.45) is 2.46. The molecule has 1 saturated heterocycles. The summed E-state index contributed by atoms with van der Waals surface area (Å²) in [4.78, 5) is 14.6. The fourth-order valence-electron chi connectivity index (χ4n) is 3.24. The SMILES string of the molecule is COC(=O)C(C)(CN1CCCC1C(C)C)NC(C)C. The highest BCUT2D eigenvalue weighted by Gasteiger charge is 2.40. The molecule has 1 rings (SSSR count). The van der Waals surface area contributed by atoms with Gasteiger partial charge in [0.2, 0.25) is 0 Å². The van der Waals surface area contributed by atoms with E-state index in [-0.39, 0.29) is 12.0 Å². The third kappa shape index (κ3) is 4.18. The van der Waals surface area contributed by atoms with Crippen LogP contribution in [0.5, 0.6) is 0 Å². The Morgan fingerprint density at radius 3 is 2.53 bits per heavy atom. The topological polar surface area (TPSA) is 41.6 Å². The summed E-state index contributed by atoms with van der Waals surface area (Å²) >= 11 is 0. The highest BCUT2D eigenvalue weighted by molar-refractivity contribution is 5.80. The Hall–Kier alpha value is -0.610. The molecule has 0 aliphatic carbocycles. The van der Waals surface area contributed by atoms with Crippen LogP contribution in [0.2, 0.25) is 0 Å². The number of rotatable bonds is 6. The van der Waals surface area contributed by atoms with Crippen molar-refractivity contribution in [1.82, 2.24) is 10.2 Å². The van der Waals surface area contributed by atoms with Crippen molar-refractivity contribution in [2.24, 2.45) is 5.92 Å². The van der Waals surface area contributed by atoms with Crippen LogP contribution in [0.3, 0.4) is 0 Å². The lowest BCUT2D eigenvalue weighted by molar-refractivity contribution is -0.149. The molecule has 2 unspecified atom stereocenters. The van der Waals surface area contributed by atoms with Gasteiger partial charge in [-0.05, 0) is 46.1 Å². The number of carbonyl (C=O) groups excluding carboxylic acids is 1. The van der Waals surface area contributed by atoms with Gasteiger partial charge < -0.3 is 4.74 Å². The van der Waals surface area contributed by atoms with E-state index in [1.807, 2.05) is 6.92 Å². The Bertz CT molecular complexity index is 305. The molecule has 112 valence electrons. The second-order valence-electron chi connectivity index (χ2n) is 6.55. The molecule has 0 bridgehead atoms. The molecule has 1 fully saturated rings. The average Bonchev–Trinajstić information content (AvgIpc) is 2.74. The smallest absolute Gasteiger partial charge is 0.327 e. The molecule has 0 aromatic rings. The molecule has 4 nitrogen and oxygen atoms in total. The highest BCUT2D eigenvalue weighted by atomic mass is 16.5. The van der Waals surface area contributed by atoms with Crippen LogP contribution in [0.4, 0.5) is 0 Å². The van der Waals surface area contributed by atoms with E-state index in [0.717, 1.165) is 13.1 Å². The molecule has 19 heavy (non-hydrogen) atoms. The van der Waals surface area contributed by atoms with Crippen molar-refractivity contribution >= 4 is 5.97 Å². The maximum atomic E-state index is 12.1. The zero-order valence-electron chi connectivity index (χ0n) is 13.3. The van der Waals surface area contributed by atoms with Crippen LogP contribution < -0.4 is 5.32 Å². The summed E-state index contributed by atoms with van der Waals surface area (Å²) in [7, 11) is 1.46. The van der Waals surface area contributed by atoms with Gasteiger partial charge >= 0.3 is 5.97 Å². The van der Waals surface area contributed by atoms with Crippen molar-refractivity contribution in [3.05, 3.63) is 0 Å². The van der Waals surface area contributed by atoms with Gasteiger partial charge in [-0.15, -0.1) is 0 Å². The molecule has 2 atom stereocenters. The Balaban J connectivity index is 2.79. The maximum absolute atomic E-state index is 12.1. The Morgan fingerprint density at radius 1 is 1.42 bits per heavy atom. The minimum absolute atomic E-state index is 0.171. The minimum atomic E-state index is -0.625. The summed E-state index contributed by atoms with van der Waals surface area (Å²) in [5.41, 5.74) is -0.625. The van der Waals surface area contributed by atoms with Crippen molar-refractivity contribution in [3.8, 4) is 0 Å². The van der Waals surface area contributed by atoms with Crippen LogP contribution in [-0.2, 0) is 9.53 Å². The van der Waals surface area contributed by atoms with Crippen molar-refractivity contribution in [2.45, 2.75) is 65.1 Å². The standard InChI is InChI=1S/C15H30N2O2/c1-11(2)13-8-7-9-17(13)10-15(5,14(18)19-6)16-12(3)4/h11-13,16H,7-10H2,1-6H3. The molecule has 1 heterocycles. The molecule has 0 saturated carbocycles. The maximum Gasteiger partial charge on any atom is 0.327 e. The van der Waals surface area contributed by atoms with Gasteiger partial charge in [0.25, 0.3) is 0 Å². The van der Waals surface area contributed by atoms with Gasteiger partial charge in [0.15, 0.2) is 0 Å². The van der Waals surface area contributed by atoms with Crippen LogP contribution in [0, 0.1) is 5.92 Å². The van der Waals surface area contributed by atoms with Crippen molar-refractivity contribution in [3.63, 3.8) is 0 Å². The number of ether oxygens (including phenoxy) is 1. The number of likely N-dealkylation sites (tertiary alicyclic amines) is 1. The van der Waals surface area contributed by atoms with Gasteiger partial charge in [-0.1, -0.05) is 13.8 Å². The second kappa shape index (κ2) is 6.71. The number of methoxy groups -OCH3 is 1. The zero-order chi connectivity index (χ0) is 14.6. The molecule has 0 amide bonds. The quantitative estimate of drug-likeness (QED) is 0.750. The van der Waals surface area contributed by atoms with Gasteiger partial charge in [0, 0.05) is 18.6 Å². The first-order chi connectivity index (χ1) is 8.80. The first kappa shape index (κ1) is 16.4. The molecule has 0 radical (unpaired) electrons. The van der Waals surface area contributed by atoms with Gasteiger partial charge in [0.1, 0.15) is 5.54 Å². The minimum Gasteiger partial charge on any atom is -0.468 e. The van der Waals surface area contributed by atoms with E-state index in [2.05, 4.69) is 37.9 Å². The summed E-state index contributed by atoms with van der Waals surface area (Å²) in [6, 6.07) is 0.835. The van der Waals surface area contributed by atoms with E-state index < -0.39 is 5.54 Å². The van der Waals surface area contributed by atoms with Gasteiger partial charge in [-0.25, -0.2) is 0 Å². The lowest BCUT2D eigenvalue weighted by atomic mass is 9.97. The number of esters is 1. The Kier molecular flexibility index (Phi) is 5.81. The largest absolute Gasteiger partial charge is 0.468 e. The monoisotopic (exact) mass is 270 g/mol. The average molecular weight is 270 g/mol. The third-order valence-electron chi connectivity index (χ3n) is 3.95. The number of hydrogen-bond acceptors (Lipinski definition) is 4. The van der Waals surface area contributed by atoms with Gasteiger partial charge in [-0.2, -0.15) is 0 Å². The number of nitrogens with zero attached hydrogens (tertiary/aromatic N) is 1. The van der Waals surface area contributed by atoms with E-state index in [1.165, 1.54) is 20.0 Å². The number of carbonyl (C=O) groups is 1. The van der Waals surface area contributed by atoms with Crippen LogP contribution in [0.25, 0.3) is 0 Å². The third-order valence-corrected chi connectivity index (χ3v) is 3.95. The van der Waals surface area contributed by atoms with Crippen molar-refractivity contribution in [2.75, 3.05) is 20.2 Å². The first-order valence-corrected chi connectivity index (χ1v) is 7.40. The normalized spacial score (nSPS) is 23.9. The molecule has 4 heteroatoms. The van der Waals surface area contributed by atoms with E-state index in [9.17, 15) is 4.79 Å². The van der Waals surface area contributed by atoms with Crippen molar-refractivity contribution in [1.29, 1.82) is 0 Å². The second-order valence-corrected chi connectivity index (χ2v) is 6.55. The van der Waals surface area contributed by atoms with E-state index in [4.69, 9.17) is 4.74 Å². The lowest BCUT2D eigenvalue weighted by Gasteiger charge is -2.37. The van der Waals surface area contributed by atoms with Gasteiger partial charge in [0.05, 0.1) is 7.11 Å². The Labute approximate surface area is 117 Å². The van der Waals surface area contributed by atoms with Crippen LogP contribution >= 0.6 is 0 Å². The Morgan fingerprint density at radius 2 is 2.05 bits per heavy atom. The predicted octanol–water partition coefficient (Wildman–Crippen LogP) is 2.04. The molecule has 1 N–H and O–H groups in total. The summed E-state index contributed by atoms with van der Waals surface area (Å²) in [6.45, 7) is 12.4. The summed E-state index contributed by atoms with van der Waals surface area (Å²) in [5, 5.41) is 3.38. The molecule has 1 aliphatic heterocycles. The molecular weight excluding hydrogens is 240 g/mol. The van der Waals surface area contributed by atoms with E-state index in [1.54, 1.807) is 0 Å². The lowest BCUT2D eigenvalue weighted by Crippen LogP contribution is -2.60. The van der Waals surface area contributed by atoms with Crippen molar-refractivity contribution < 1.29 is 9.53 Å². The van der Waals surface area contributed by atoms with Crippen LogP contribution in [0.1, 0.15) is 47.5 Å². The van der Waals surface area contributed by atoms with E-state index >= 15 is 0 Å². The van der Waals surface area contributed by atoms with Crippen LogP contribution in [-0.4, -0.2) is 48.7 Å². The van der Waals surface area contributed by atoms with Crippen LogP contribution in [0.15, 0.2) is 0 Å². The molecule has 0 aromatic carbocycles. The fraction of sp³-hybridized carbons (Fsp3) is 0.933. The molecule has 1 aliphatic rings. The predicted molar refractivity (Wildman–Crippen MR) is 78.1 cm³/mol. The van der Waals surface area contributed by atoms with Gasteiger partial charge in [-0.3, -0.25) is 15.0 Å². The number of hydrogen-bond donors (Lipinski definition) is 1. The number of nitrogens with one attached hydrogen (secondary N) is 1. The van der Waals surface area contributed by atoms with E-state index in [0.29, 0.717) is 12.0 Å². The zero-order valence-corrected chi connectivity index (χ0v) is 13.3. The molecule has 0 spiro atoms. The molecule has 0 aromatic heterocycles. The summed E-state index contributed by atoms with van der Waals surface area (Å²) in [5.74, 6) is 0.457. The highest BCUT2D eigenvalue weighted by Crippen LogP contribution is 2.26. The first-order valence-electron chi connectivity index (χ1n) is 7.40. The summed E-state index contributed by atoms with van der Waals surface area (Å²) < 4.78 is 4.99.